The van der Waals surface area contributed by atoms with E-state index in [0.29, 0.717) is 65.5 Å². The standard InChI is InChI=1S/C30H29N5O5/c1-18-15-23-24(16-22(18)30(39)40)34-29(38)26(23)27(19-5-3-2-4-6-19)33-21-9-7-20(8-10-21)28(37)32-12-14-35-13-11-31-25(36)17-35/h2-10,15-16,33H,11-14,17H2,1H3,(H,31,36)(H,32,37)(H,34,38)(H,39,40)/b27-26-. The summed E-state index contributed by atoms with van der Waals surface area (Å²) >= 11 is 0. The highest BCUT2D eigenvalue weighted by Gasteiger charge is 2.30. The molecule has 1 fully saturated rings. The fourth-order valence-corrected chi connectivity index (χ4v) is 4.85. The first kappa shape index (κ1) is 26.6. The van der Waals surface area contributed by atoms with Crippen LogP contribution in [0.3, 0.4) is 0 Å². The van der Waals surface area contributed by atoms with Crippen LogP contribution in [-0.4, -0.2) is 66.4 Å². The van der Waals surface area contributed by atoms with Crippen LogP contribution in [0.25, 0.3) is 11.3 Å². The predicted molar refractivity (Wildman–Crippen MR) is 152 cm³/mol. The lowest BCUT2D eigenvalue weighted by Crippen LogP contribution is -2.49. The summed E-state index contributed by atoms with van der Waals surface area (Å²) in [6.07, 6.45) is 0. The van der Waals surface area contributed by atoms with Gasteiger partial charge >= 0.3 is 5.97 Å². The molecule has 0 aliphatic carbocycles. The number of hydrogen-bond acceptors (Lipinski definition) is 6. The van der Waals surface area contributed by atoms with Crippen LogP contribution in [0.5, 0.6) is 0 Å². The van der Waals surface area contributed by atoms with Crippen molar-refractivity contribution in [3.63, 3.8) is 0 Å². The summed E-state index contributed by atoms with van der Waals surface area (Å²) < 4.78 is 0. The van der Waals surface area contributed by atoms with Crippen molar-refractivity contribution in [2.75, 3.05) is 43.4 Å². The minimum atomic E-state index is -1.06. The van der Waals surface area contributed by atoms with Gasteiger partial charge in [0, 0.05) is 43.0 Å². The average molecular weight is 540 g/mol. The van der Waals surface area contributed by atoms with E-state index >= 15 is 0 Å². The summed E-state index contributed by atoms with van der Waals surface area (Å²) in [5, 5.41) is 21.3. The van der Waals surface area contributed by atoms with Crippen molar-refractivity contribution < 1.29 is 24.3 Å². The Kier molecular flexibility index (Phi) is 7.61. The van der Waals surface area contributed by atoms with Gasteiger partial charge in [0.05, 0.1) is 29.1 Å². The first-order valence-corrected chi connectivity index (χ1v) is 12.9. The number of piperazine rings is 1. The third-order valence-corrected chi connectivity index (χ3v) is 6.90. The van der Waals surface area contributed by atoms with Gasteiger partial charge in [0.15, 0.2) is 0 Å². The maximum absolute atomic E-state index is 13.2. The van der Waals surface area contributed by atoms with E-state index in [4.69, 9.17) is 0 Å². The molecule has 0 bridgehead atoms. The molecule has 2 aliphatic heterocycles. The fourth-order valence-electron chi connectivity index (χ4n) is 4.85. The third-order valence-electron chi connectivity index (χ3n) is 6.90. The van der Waals surface area contributed by atoms with Gasteiger partial charge in [0.1, 0.15) is 0 Å². The smallest absolute Gasteiger partial charge is 0.336 e. The molecule has 3 amide bonds. The van der Waals surface area contributed by atoms with Crippen molar-refractivity contribution in [3.8, 4) is 0 Å². The molecule has 2 heterocycles. The Hall–Kier alpha value is -4.96. The molecule has 0 unspecified atom stereocenters. The fraction of sp³-hybridized carbons (Fsp3) is 0.200. The zero-order chi connectivity index (χ0) is 28.2. The summed E-state index contributed by atoms with van der Waals surface area (Å²) in [7, 11) is 0. The number of aryl methyl sites for hydroxylation is 1. The molecule has 0 atom stereocenters. The normalized spacial score (nSPS) is 16.0. The van der Waals surface area contributed by atoms with Gasteiger partial charge in [0.25, 0.3) is 11.8 Å². The summed E-state index contributed by atoms with van der Waals surface area (Å²) in [4.78, 5) is 51.0. The largest absolute Gasteiger partial charge is 0.478 e. The minimum absolute atomic E-state index is 0.00998. The molecular formula is C30H29N5O5. The lowest BCUT2D eigenvalue weighted by atomic mass is 9.96. The zero-order valence-corrected chi connectivity index (χ0v) is 21.9. The highest BCUT2D eigenvalue weighted by atomic mass is 16.4. The molecule has 0 aromatic heterocycles. The SMILES string of the molecule is Cc1cc2c(cc1C(=O)O)NC(=O)/C2=C(\Nc1ccc(C(=O)NCCN2CCNC(=O)C2)cc1)c1ccccc1. The topological polar surface area (TPSA) is 140 Å². The van der Waals surface area contributed by atoms with E-state index in [1.54, 1.807) is 37.3 Å². The van der Waals surface area contributed by atoms with E-state index < -0.39 is 5.97 Å². The van der Waals surface area contributed by atoms with Gasteiger partial charge in [-0.05, 0) is 54.4 Å². The van der Waals surface area contributed by atoms with Crippen LogP contribution < -0.4 is 21.3 Å². The van der Waals surface area contributed by atoms with Crippen molar-refractivity contribution in [1.82, 2.24) is 15.5 Å². The van der Waals surface area contributed by atoms with E-state index in [1.165, 1.54) is 6.07 Å². The van der Waals surface area contributed by atoms with Gasteiger partial charge in [0.2, 0.25) is 5.91 Å². The van der Waals surface area contributed by atoms with E-state index in [-0.39, 0.29) is 23.3 Å². The highest BCUT2D eigenvalue weighted by molar-refractivity contribution is 6.37. The van der Waals surface area contributed by atoms with Crippen LogP contribution in [0.15, 0.2) is 66.7 Å². The molecule has 0 spiro atoms. The first-order valence-electron chi connectivity index (χ1n) is 12.9. The second kappa shape index (κ2) is 11.4. The van der Waals surface area contributed by atoms with Crippen LogP contribution in [0.1, 0.15) is 37.4 Å². The lowest BCUT2D eigenvalue weighted by molar-refractivity contribution is -0.124. The van der Waals surface area contributed by atoms with Gasteiger partial charge in [-0.1, -0.05) is 30.3 Å². The number of carboxylic acids is 1. The van der Waals surface area contributed by atoms with E-state index in [0.717, 1.165) is 12.1 Å². The van der Waals surface area contributed by atoms with Gasteiger partial charge in [-0.25, -0.2) is 4.79 Å². The van der Waals surface area contributed by atoms with Crippen molar-refractivity contribution in [3.05, 3.63) is 94.5 Å². The Bertz CT molecular complexity index is 1520. The number of carboxylic acid groups (broad SMARTS) is 1. The Morgan fingerprint density at radius 2 is 1.75 bits per heavy atom. The summed E-state index contributed by atoms with van der Waals surface area (Å²) in [6, 6.07) is 19.5. The molecule has 1 saturated heterocycles. The molecule has 204 valence electrons. The van der Waals surface area contributed by atoms with Crippen LogP contribution in [0.2, 0.25) is 0 Å². The quantitative estimate of drug-likeness (QED) is 0.277. The molecular weight excluding hydrogens is 510 g/mol. The van der Waals surface area contributed by atoms with E-state index in [2.05, 4.69) is 21.3 Å². The molecule has 2 aliphatic rings. The second-order valence-corrected chi connectivity index (χ2v) is 9.67. The highest BCUT2D eigenvalue weighted by Crippen LogP contribution is 2.39. The maximum atomic E-state index is 13.2. The number of carbonyl (C=O) groups excluding carboxylic acids is 3. The Morgan fingerprint density at radius 3 is 2.45 bits per heavy atom. The number of carbonyl (C=O) groups is 4. The Labute approximate surface area is 231 Å². The number of rotatable bonds is 8. The number of fused-ring (bicyclic) bond motifs is 1. The molecule has 3 aromatic rings. The summed E-state index contributed by atoms with van der Waals surface area (Å²) in [5.74, 6) is -1.63. The number of hydrogen-bond donors (Lipinski definition) is 5. The Morgan fingerprint density at radius 1 is 1.00 bits per heavy atom. The zero-order valence-electron chi connectivity index (χ0n) is 21.9. The van der Waals surface area contributed by atoms with Gasteiger partial charge in [-0.2, -0.15) is 0 Å². The maximum Gasteiger partial charge on any atom is 0.336 e. The van der Waals surface area contributed by atoms with Crippen LogP contribution in [-0.2, 0) is 9.59 Å². The number of nitrogens with zero attached hydrogens (tertiary/aromatic N) is 1. The van der Waals surface area contributed by atoms with Gasteiger partial charge < -0.3 is 26.4 Å². The molecule has 5 rings (SSSR count). The van der Waals surface area contributed by atoms with Crippen LogP contribution >= 0.6 is 0 Å². The number of nitrogens with one attached hydrogen (secondary N) is 4. The molecule has 3 aromatic carbocycles. The van der Waals surface area contributed by atoms with Gasteiger partial charge in [-0.15, -0.1) is 0 Å². The first-order chi connectivity index (χ1) is 19.3. The predicted octanol–water partition coefficient (Wildman–Crippen LogP) is 2.79. The van der Waals surface area contributed by atoms with E-state index in [1.807, 2.05) is 35.2 Å². The molecule has 10 heteroatoms. The molecule has 40 heavy (non-hydrogen) atoms. The number of benzene rings is 3. The molecule has 0 saturated carbocycles. The molecule has 10 nitrogen and oxygen atoms in total. The second-order valence-electron chi connectivity index (χ2n) is 9.67. The van der Waals surface area contributed by atoms with Crippen molar-refractivity contribution >= 4 is 46.3 Å². The van der Waals surface area contributed by atoms with Crippen LogP contribution in [0.4, 0.5) is 11.4 Å². The van der Waals surface area contributed by atoms with Crippen molar-refractivity contribution in [2.45, 2.75) is 6.92 Å². The minimum Gasteiger partial charge on any atom is -0.478 e. The molecule has 0 radical (unpaired) electrons. The summed E-state index contributed by atoms with van der Waals surface area (Å²) in [5.41, 5.74) is 4.61. The van der Waals surface area contributed by atoms with Crippen molar-refractivity contribution in [2.24, 2.45) is 0 Å². The van der Waals surface area contributed by atoms with Crippen LogP contribution in [0, 0.1) is 6.92 Å². The number of aromatic carboxylic acids is 1. The lowest BCUT2D eigenvalue weighted by Gasteiger charge is -2.26. The number of amides is 3. The van der Waals surface area contributed by atoms with E-state index in [9.17, 15) is 24.3 Å². The van der Waals surface area contributed by atoms with Crippen molar-refractivity contribution in [1.29, 1.82) is 0 Å². The monoisotopic (exact) mass is 539 g/mol. The van der Waals surface area contributed by atoms with Gasteiger partial charge in [-0.3, -0.25) is 19.3 Å². The summed E-state index contributed by atoms with van der Waals surface area (Å²) in [6.45, 7) is 4.41. The third kappa shape index (κ3) is 5.71. The number of anilines is 2. The molecule has 5 N–H and O–H groups in total. The Balaban J connectivity index is 1.37. The average Bonchev–Trinajstić information content (AvgIpc) is 3.26.